The molecule has 0 spiro atoms. The maximum absolute atomic E-state index is 12.6. The number of aromatic nitrogens is 3. The zero-order valence-corrected chi connectivity index (χ0v) is 15.9. The van der Waals surface area contributed by atoms with Gasteiger partial charge in [0.05, 0.1) is 5.69 Å². The maximum atomic E-state index is 12.6. The number of hydrogen-bond acceptors (Lipinski definition) is 7. The van der Waals surface area contributed by atoms with E-state index in [2.05, 4.69) is 25.4 Å². The number of fused-ring (bicyclic) bond motifs is 1. The Morgan fingerprint density at radius 2 is 2.25 bits per heavy atom. The predicted molar refractivity (Wildman–Crippen MR) is 105 cm³/mol. The molecule has 2 aromatic heterocycles. The molecule has 9 heteroatoms. The maximum Gasteiger partial charge on any atom is 0.269 e. The highest BCUT2D eigenvalue weighted by molar-refractivity contribution is 7.13. The van der Waals surface area contributed by atoms with E-state index >= 15 is 0 Å². The van der Waals surface area contributed by atoms with E-state index in [1.807, 2.05) is 29.8 Å². The molecule has 0 saturated carbocycles. The van der Waals surface area contributed by atoms with Gasteiger partial charge in [-0.25, -0.2) is 4.98 Å². The fourth-order valence-electron chi connectivity index (χ4n) is 3.61. The Hall–Kier alpha value is -3.07. The number of H-pyrrole nitrogens is 1. The molecule has 5 rings (SSSR count). The number of carbonyl (C=O) groups excluding carboxylic acids is 1. The minimum Gasteiger partial charge on any atom is -0.454 e. The lowest BCUT2D eigenvalue weighted by Gasteiger charge is -2.24. The highest BCUT2D eigenvalue weighted by Gasteiger charge is 2.27. The van der Waals surface area contributed by atoms with Gasteiger partial charge in [0, 0.05) is 36.3 Å². The van der Waals surface area contributed by atoms with Gasteiger partial charge < -0.3 is 19.7 Å². The second-order valence-electron chi connectivity index (χ2n) is 6.75. The van der Waals surface area contributed by atoms with Crippen molar-refractivity contribution in [2.45, 2.75) is 18.9 Å². The molecule has 2 N–H and O–H groups in total. The summed E-state index contributed by atoms with van der Waals surface area (Å²) in [4.78, 5) is 19.2. The van der Waals surface area contributed by atoms with Crippen LogP contribution in [0.3, 0.4) is 0 Å². The van der Waals surface area contributed by atoms with E-state index in [9.17, 15) is 4.79 Å². The number of nitrogens with one attached hydrogen (secondary N) is 2. The van der Waals surface area contributed by atoms with E-state index in [0.29, 0.717) is 23.7 Å². The summed E-state index contributed by atoms with van der Waals surface area (Å²) < 4.78 is 10.7. The molecule has 8 nitrogen and oxygen atoms in total. The molecule has 4 heterocycles. The lowest BCUT2D eigenvalue weighted by atomic mass is 10.1. The van der Waals surface area contributed by atoms with Crippen LogP contribution in [-0.2, 0) is 0 Å². The van der Waals surface area contributed by atoms with Crippen molar-refractivity contribution in [2.24, 2.45) is 0 Å². The second-order valence-corrected chi connectivity index (χ2v) is 7.62. The number of carbonyl (C=O) groups is 1. The third kappa shape index (κ3) is 3.18. The van der Waals surface area contributed by atoms with Gasteiger partial charge in [0.25, 0.3) is 5.91 Å². The zero-order chi connectivity index (χ0) is 18.9. The molecule has 3 aromatic rings. The average molecular weight is 397 g/mol. The summed E-state index contributed by atoms with van der Waals surface area (Å²) in [5.74, 6) is 1.25. The fraction of sp³-hybridized carbons (Fsp3) is 0.316. The van der Waals surface area contributed by atoms with Gasteiger partial charge in [-0.15, -0.1) is 11.3 Å². The standard InChI is InChI=1S/C19H19N5O3S/c25-18(21-10-13-2-1-6-24(13)19-20-5-7-28-19)15-9-14(22-23-15)12-3-4-16-17(8-12)27-11-26-16/h3-5,7-9,13H,1-2,6,10-11H2,(H,21,25)(H,22,23). The van der Waals surface area contributed by atoms with Crippen LogP contribution in [0.4, 0.5) is 5.13 Å². The Morgan fingerprint density at radius 1 is 1.32 bits per heavy atom. The van der Waals surface area contributed by atoms with Gasteiger partial charge in [0.15, 0.2) is 16.6 Å². The third-order valence-corrected chi connectivity index (χ3v) is 5.84. The molecule has 1 saturated heterocycles. The molecule has 1 atom stereocenters. The molecule has 0 radical (unpaired) electrons. The van der Waals surface area contributed by atoms with Crippen LogP contribution in [-0.4, -0.2) is 47.0 Å². The van der Waals surface area contributed by atoms with Crippen molar-refractivity contribution in [1.29, 1.82) is 0 Å². The van der Waals surface area contributed by atoms with Gasteiger partial charge >= 0.3 is 0 Å². The number of rotatable bonds is 5. The lowest BCUT2D eigenvalue weighted by molar-refractivity contribution is 0.0946. The summed E-state index contributed by atoms with van der Waals surface area (Å²) in [7, 11) is 0. The fourth-order valence-corrected chi connectivity index (χ4v) is 4.35. The van der Waals surface area contributed by atoms with Crippen LogP contribution < -0.4 is 19.7 Å². The summed E-state index contributed by atoms with van der Waals surface area (Å²) >= 11 is 1.63. The van der Waals surface area contributed by atoms with Crippen LogP contribution >= 0.6 is 11.3 Å². The highest BCUT2D eigenvalue weighted by Crippen LogP contribution is 2.35. The highest BCUT2D eigenvalue weighted by atomic mass is 32.1. The topological polar surface area (TPSA) is 92.4 Å². The molecule has 0 aliphatic carbocycles. The Kier molecular flexibility index (Phi) is 4.36. The predicted octanol–water partition coefficient (Wildman–Crippen LogP) is 2.66. The summed E-state index contributed by atoms with van der Waals surface area (Å²) in [6.45, 7) is 1.79. The molecule has 1 aromatic carbocycles. The van der Waals surface area contributed by atoms with Gasteiger partial charge in [-0.1, -0.05) is 0 Å². The van der Waals surface area contributed by atoms with Crippen LogP contribution in [0.2, 0.25) is 0 Å². The van der Waals surface area contributed by atoms with Crippen molar-refractivity contribution in [2.75, 3.05) is 24.8 Å². The molecular formula is C19H19N5O3S. The lowest BCUT2D eigenvalue weighted by Crippen LogP contribution is -2.40. The number of thiazole rings is 1. The Balaban J connectivity index is 1.24. The number of anilines is 1. The first-order valence-electron chi connectivity index (χ1n) is 9.18. The van der Waals surface area contributed by atoms with Gasteiger partial charge in [0.2, 0.25) is 6.79 Å². The van der Waals surface area contributed by atoms with Gasteiger partial charge in [-0.3, -0.25) is 9.89 Å². The number of nitrogens with zero attached hydrogens (tertiary/aromatic N) is 3. The number of aromatic amines is 1. The van der Waals surface area contributed by atoms with Crippen LogP contribution in [0.5, 0.6) is 11.5 Å². The van der Waals surface area contributed by atoms with Gasteiger partial charge in [-0.05, 0) is 37.1 Å². The van der Waals surface area contributed by atoms with Crippen molar-refractivity contribution < 1.29 is 14.3 Å². The summed E-state index contributed by atoms with van der Waals surface area (Å²) in [5.41, 5.74) is 1.99. The number of hydrogen-bond donors (Lipinski definition) is 2. The Morgan fingerprint density at radius 3 is 3.14 bits per heavy atom. The zero-order valence-electron chi connectivity index (χ0n) is 15.1. The first-order valence-corrected chi connectivity index (χ1v) is 10.1. The van der Waals surface area contributed by atoms with Crippen molar-refractivity contribution >= 4 is 22.4 Å². The smallest absolute Gasteiger partial charge is 0.269 e. The molecule has 2 aliphatic heterocycles. The summed E-state index contributed by atoms with van der Waals surface area (Å²) in [5, 5.41) is 13.1. The SMILES string of the molecule is O=C(NCC1CCCN1c1nccs1)c1cc(-c2ccc3c(c2)OCO3)n[nH]1. The largest absolute Gasteiger partial charge is 0.454 e. The van der Waals surface area contributed by atoms with E-state index in [-0.39, 0.29) is 18.7 Å². The first kappa shape index (κ1) is 17.1. The Labute approximate surface area is 165 Å². The summed E-state index contributed by atoms with van der Waals surface area (Å²) in [6, 6.07) is 7.63. The van der Waals surface area contributed by atoms with Crippen molar-refractivity contribution in [3.05, 3.63) is 41.5 Å². The number of amides is 1. The van der Waals surface area contributed by atoms with Crippen LogP contribution in [0.15, 0.2) is 35.8 Å². The quantitative estimate of drug-likeness (QED) is 0.688. The van der Waals surface area contributed by atoms with E-state index in [1.165, 1.54) is 0 Å². The van der Waals surface area contributed by atoms with Crippen LogP contribution in [0.25, 0.3) is 11.3 Å². The minimum atomic E-state index is -0.162. The number of benzene rings is 1. The van der Waals surface area contributed by atoms with Gasteiger partial charge in [0.1, 0.15) is 5.69 Å². The average Bonchev–Trinajstić information content (AvgIpc) is 3.51. The molecule has 1 amide bonds. The molecule has 144 valence electrons. The van der Waals surface area contributed by atoms with E-state index in [4.69, 9.17) is 9.47 Å². The Bertz CT molecular complexity index is 987. The molecule has 28 heavy (non-hydrogen) atoms. The third-order valence-electron chi connectivity index (χ3n) is 5.03. The minimum absolute atomic E-state index is 0.162. The number of ether oxygens (including phenoxy) is 2. The first-order chi connectivity index (χ1) is 13.8. The van der Waals surface area contributed by atoms with Gasteiger partial charge in [-0.2, -0.15) is 5.10 Å². The van der Waals surface area contributed by atoms with Crippen molar-refractivity contribution in [3.8, 4) is 22.8 Å². The second kappa shape index (κ2) is 7.16. The molecule has 1 unspecified atom stereocenters. The van der Waals surface area contributed by atoms with Crippen molar-refractivity contribution in [3.63, 3.8) is 0 Å². The van der Waals surface area contributed by atoms with Crippen LogP contribution in [0, 0.1) is 0 Å². The molecule has 0 bridgehead atoms. The normalized spacial score (nSPS) is 17.9. The summed E-state index contributed by atoms with van der Waals surface area (Å²) in [6.07, 6.45) is 3.97. The van der Waals surface area contributed by atoms with E-state index < -0.39 is 0 Å². The van der Waals surface area contributed by atoms with Crippen molar-refractivity contribution in [1.82, 2.24) is 20.5 Å². The van der Waals surface area contributed by atoms with E-state index in [1.54, 1.807) is 17.4 Å². The molecule has 1 fully saturated rings. The van der Waals surface area contributed by atoms with E-state index in [0.717, 1.165) is 35.8 Å². The molecular weight excluding hydrogens is 378 g/mol. The monoisotopic (exact) mass is 397 g/mol. The van der Waals surface area contributed by atoms with Crippen LogP contribution in [0.1, 0.15) is 23.3 Å². The molecule has 2 aliphatic rings.